The number of ether oxygens (including phenoxy) is 3. The van der Waals surface area contributed by atoms with E-state index >= 15 is 0 Å². The van der Waals surface area contributed by atoms with Crippen LogP contribution in [-0.2, 0) is 23.8 Å². The molecule has 3 rings (SSSR count). The van der Waals surface area contributed by atoms with Crippen LogP contribution in [-0.4, -0.2) is 37.9 Å². The van der Waals surface area contributed by atoms with Crippen LogP contribution in [0.25, 0.3) is 0 Å². The van der Waals surface area contributed by atoms with Crippen molar-refractivity contribution in [2.24, 2.45) is 22.7 Å². The summed E-state index contributed by atoms with van der Waals surface area (Å²) in [5, 5.41) is 0. The lowest BCUT2D eigenvalue weighted by atomic mass is 9.48. The second-order valence-electron chi connectivity index (χ2n) is 7.66. The summed E-state index contributed by atoms with van der Waals surface area (Å²) in [7, 11) is 1.35. The molecule has 2 aliphatic carbocycles. The van der Waals surface area contributed by atoms with E-state index in [0.29, 0.717) is 32.5 Å². The van der Waals surface area contributed by atoms with Gasteiger partial charge in [0, 0.05) is 17.3 Å². The monoisotopic (exact) mass is 310 g/mol. The van der Waals surface area contributed by atoms with Gasteiger partial charge >= 0.3 is 5.97 Å². The van der Waals surface area contributed by atoms with Gasteiger partial charge in [0.1, 0.15) is 5.92 Å². The number of carbonyl (C=O) groups excluding carboxylic acids is 2. The van der Waals surface area contributed by atoms with Crippen LogP contribution < -0.4 is 0 Å². The summed E-state index contributed by atoms with van der Waals surface area (Å²) in [6.07, 6.45) is 2.79. The Bertz CT molecular complexity index is 491. The van der Waals surface area contributed by atoms with Crippen molar-refractivity contribution in [3.63, 3.8) is 0 Å². The topological polar surface area (TPSA) is 61.8 Å². The predicted octanol–water partition coefficient (Wildman–Crippen LogP) is 2.32. The van der Waals surface area contributed by atoms with E-state index in [1.54, 1.807) is 0 Å². The maximum Gasteiger partial charge on any atom is 0.316 e. The van der Waals surface area contributed by atoms with Gasteiger partial charge in [0.05, 0.1) is 20.3 Å². The van der Waals surface area contributed by atoms with Crippen molar-refractivity contribution < 1.29 is 23.8 Å². The van der Waals surface area contributed by atoms with Gasteiger partial charge in [-0.1, -0.05) is 20.8 Å². The Morgan fingerprint density at radius 1 is 1.14 bits per heavy atom. The van der Waals surface area contributed by atoms with Crippen LogP contribution in [0, 0.1) is 22.7 Å². The van der Waals surface area contributed by atoms with Crippen molar-refractivity contribution in [1.29, 1.82) is 0 Å². The molecule has 5 heteroatoms. The number of rotatable bonds is 1. The molecule has 3 fully saturated rings. The number of ketones is 1. The maximum atomic E-state index is 13.0. The molecule has 0 N–H and O–H groups in total. The van der Waals surface area contributed by atoms with Crippen molar-refractivity contribution in [2.75, 3.05) is 20.3 Å². The Labute approximate surface area is 131 Å². The van der Waals surface area contributed by atoms with Crippen LogP contribution in [0.5, 0.6) is 0 Å². The SMILES string of the molecule is COC(=O)C1CCC2C(C)(CCC3(OCCO3)C2(C)C)C1=O. The quantitative estimate of drug-likeness (QED) is 0.549. The molecule has 1 aliphatic heterocycles. The zero-order valence-corrected chi connectivity index (χ0v) is 13.9. The summed E-state index contributed by atoms with van der Waals surface area (Å²) in [6, 6.07) is 0. The fourth-order valence-corrected chi connectivity index (χ4v) is 5.16. The molecule has 124 valence electrons. The Hall–Kier alpha value is -0.940. The fourth-order valence-electron chi connectivity index (χ4n) is 5.16. The zero-order chi connectivity index (χ0) is 16.2. The number of fused-ring (bicyclic) bond motifs is 1. The van der Waals surface area contributed by atoms with Crippen molar-refractivity contribution in [2.45, 2.75) is 52.2 Å². The number of Topliss-reactive ketones (excluding diaryl/α,β-unsaturated/α-hetero) is 1. The lowest BCUT2D eigenvalue weighted by Crippen LogP contribution is -2.63. The highest BCUT2D eigenvalue weighted by Crippen LogP contribution is 2.62. The maximum absolute atomic E-state index is 13.0. The van der Waals surface area contributed by atoms with Crippen LogP contribution in [0.2, 0.25) is 0 Å². The van der Waals surface area contributed by atoms with Crippen LogP contribution in [0.1, 0.15) is 46.5 Å². The summed E-state index contributed by atoms with van der Waals surface area (Å²) in [5.41, 5.74) is -0.756. The molecule has 1 heterocycles. The van der Waals surface area contributed by atoms with Gasteiger partial charge in [-0.2, -0.15) is 0 Å². The first-order valence-corrected chi connectivity index (χ1v) is 8.18. The molecular weight excluding hydrogens is 284 g/mol. The summed E-state index contributed by atoms with van der Waals surface area (Å²) >= 11 is 0. The van der Waals surface area contributed by atoms with E-state index in [4.69, 9.17) is 14.2 Å². The standard InChI is InChI=1S/C17H26O5/c1-15(2)12-6-5-11(14(19)20-4)13(18)16(12,3)7-8-17(15)21-9-10-22-17/h11-12H,5-10H2,1-4H3. The van der Waals surface area contributed by atoms with Gasteiger partial charge in [0.25, 0.3) is 0 Å². The highest BCUT2D eigenvalue weighted by atomic mass is 16.7. The van der Waals surface area contributed by atoms with Gasteiger partial charge in [0.2, 0.25) is 0 Å². The van der Waals surface area contributed by atoms with Gasteiger partial charge in [-0.3, -0.25) is 9.59 Å². The first-order chi connectivity index (χ1) is 10.3. The molecule has 5 nitrogen and oxygen atoms in total. The largest absolute Gasteiger partial charge is 0.468 e. The molecule has 0 radical (unpaired) electrons. The molecule has 22 heavy (non-hydrogen) atoms. The lowest BCUT2D eigenvalue weighted by molar-refractivity contribution is -0.283. The lowest BCUT2D eigenvalue weighted by Gasteiger charge is -2.59. The van der Waals surface area contributed by atoms with E-state index in [0.717, 1.165) is 6.42 Å². The third-order valence-electron chi connectivity index (χ3n) is 6.46. The van der Waals surface area contributed by atoms with E-state index < -0.39 is 23.1 Å². The van der Waals surface area contributed by atoms with Crippen molar-refractivity contribution >= 4 is 11.8 Å². The molecule has 0 aromatic heterocycles. The molecule has 0 bridgehead atoms. The minimum atomic E-state index is -0.610. The van der Waals surface area contributed by atoms with Crippen LogP contribution >= 0.6 is 0 Å². The second-order valence-corrected chi connectivity index (χ2v) is 7.66. The van der Waals surface area contributed by atoms with E-state index in [1.807, 2.05) is 6.92 Å². The number of carbonyl (C=O) groups is 2. The van der Waals surface area contributed by atoms with E-state index in [1.165, 1.54) is 7.11 Å². The first kappa shape index (κ1) is 15.9. The van der Waals surface area contributed by atoms with Crippen LogP contribution in [0.4, 0.5) is 0 Å². The minimum Gasteiger partial charge on any atom is -0.468 e. The van der Waals surface area contributed by atoms with Gasteiger partial charge in [0.15, 0.2) is 11.6 Å². The van der Waals surface area contributed by atoms with Crippen molar-refractivity contribution in [3.05, 3.63) is 0 Å². The number of esters is 1. The fraction of sp³-hybridized carbons (Fsp3) is 0.882. The third kappa shape index (κ3) is 1.91. The third-order valence-corrected chi connectivity index (χ3v) is 6.46. The highest BCUT2D eigenvalue weighted by molar-refractivity contribution is 6.02. The van der Waals surface area contributed by atoms with E-state index in [2.05, 4.69) is 13.8 Å². The minimum absolute atomic E-state index is 0.0384. The van der Waals surface area contributed by atoms with Crippen molar-refractivity contribution in [1.82, 2.24) is 0 Å². The van der Waals surface area contributed by atoms with Crippen LogP contribution in [0.15, 0.2) is 0 Å². The second kappa shape index (κ2) is 5.03. The summed E-state index contributed by atoms with van der Waals surface area (Å²) in [6.45, 7) is 7.54. The summed E-state index contributed by atoms with van der Waals surface area (Å²) in [5.74, 6) is -1.38. The molecule has 3 unspecified atom stereocenters. The van der Waals surface area contributed by atoms with E-state index in [9.17, 15) is 9.59 Å². The Kier molecular flexibility index (Phi) is 3.64. The molecule has 3 aliphatic rings. The molecule has 0 aromatic carbocycles. The molecule has 2 saturated carbocycles. The highest BCUT2D eigenvalue weighted by Gasteiger charge is 2.66. The Morgan fingerprint density at radius 2 is 1.77 bits per heavy atom. The molecule has 3 atom stereocenters. The number of hydrogen-bond donors (Lipinski definition) is 0. The average molecular weight is 310 g/mol. The van der Waals surface area contributed by atoms with Gasteiger partial charge in [-0.15, -0.1) is 0 Å². The first-order valence-electron chi connectivity index (χ1n) is 8.18. The number of methoxy groups -OCH3 is 1. The average Bonchev–Trinajstić information content (AvgIpc) is 2.96. The number of hydrogen-bond acceptors (Lipinski definition) is 5. The molecule has 0 aromatic rings. The van der Waals surface area contributed by atoms with Gasteiger partial charge < -0.3 is 14.2 Å². The summed E-state index contributed by atoms with van der Waals surface area (Å²) in [4.78, 5) is 24.9. The van der Waals surface area contributed by atoms with Gasteiger partial charge in [-0.05, 0) is 25.2 Å². The molecule has 0 amide bonds. The zero-order valence-electron chi connectivity index (χ0n) is 13.9. The predicted molar refractivity (Wildman–Crippen MR) is 79.0 cm³/mol. The van der Waals surface area contributed by atoms with Crippen molar-refractivity contribution in [3.8, 4) is 0 Å². The van der Waals surface area contributed by atoms with Crippen LogP contribution in [0.3, 0.4) is 0 Å². The smallest absolute Gasteiger partial charge is 0.316 e. The Balaban J connectivity index is 1.93. The van der Waals surface area contributed by atoms with E-state index in [-0.39, 0.29) is 17.1 Å². The normalized spacial score (nSPS) is 39.5. The molecule has 1 saturated heterocycles. The van der Waals surface area contributed by atoms with Gasteiger partial charge in [-0.25, -0.2) is 0 Å². The summed E-state index contributed by atoms with van der Waals surface area (Å²) < 4.78 is 16.8. The molecular formula is C17H26O5. The molecule has 1 spiro atoms. The Morgan fingerprint density at radius 3 is 2.36 bits per heavy atom.